The Bertz CT molecular complexity index is 149. The van der Waals surface area contributed by atoms with Crippen LogP contribution in [0, 0.1) is 5.41 Å². The Kier molecular flexibility index (Phi) is 4.49. The van der Waals surface area contributed by atoms with Gasteiger partial charge in [-0.1, -0.05) is 20.8 Å². The fourth-order valence-corrected chi connectivity index (χ4v) is 0.843. The van der Waals surface area contributed by atoms with E-state index in [2.05, 4.69) is 31.5 Å². The molecule has 2 N–H and O–H groups in total. The zero-order valence-corrected chi connectivity index (χ0v) is 9.38. The van der Waals surface area contributed by atoms with Gasteiger partial charge in [-0.15, -0.1) is 0 Å². The molecular formula is C8H19N3S. The normalized spacial score (nSPS) is 11.5. The quantitative estimate of drug-likeness (QED) is 0.500. The second kappa shape index (κ2) is 4.62. The predicted octanol–water partition coefficient (Wildman–Crippen LogP) is 0.973. The Balaban J connectivity index is 3.58. The zero-order chi connectivity index (χ0) is 9.78. The highest BCUT2D eigenvalue weighted by molar-refractivity contribution is 7.80. The van der Waals surface area contributed by atoms with E-state index in [4.69, 9.17) is 12.2 Å². The molecule has 0 radical (unpaired) electrons. The lowest BCUT2D eigenvalue weighted by atomic mass is 9.97. The van der Waals surface area contributed by atoms with Crippen molar-refractivity contribution >= 4 is 17.3 Å². The number of rotatable bonds is 2. The summed E-state index contributed by atoms with van der Waals surface area (Å²) in [7, 11) is 3.82. The monoisotopic (exact) mass is 189 g/mol. The fraction of sp³-hybridized carbons (Fsp3) is 0.875. The van der Waals surface area contributed by atoms with E-state index in [1.54, 1.807) is 0 Å². The molecule has 0 bridgehead atoms. The minimum atomic E-state index is 0.262. The van der Waals surface area contributed by atoms with Crippen LogP contribution in [0.25, 0.3) is 0 Å². The number of nitrogens with zero attached hydrogens (tertiary/aromatic N) is 1. The number of nitrogens with one attached hydrogen (secondary N) is 2. The lowest BCUT2D eigenvalue weighted by Gasteiger charge is -2.22. The van der Waals surface area contributed by atoms with Gasteiger partial charge in [0.25, 0.3) is 0 Å². The Hall–Kier alpha value is -0.350. The maximum Gasteiger partial charge on any atom is 0.181 e. The van der Waals surface area contributed by atoms with E-state index >= 15 is 0 Å². The van der Waals surface area contributed by atoms with Gasteiger partial charge in [0.15, 0.2) is 5.11 Å². The van der Waals surface area contributed by atoms with E-state index in [0.717, 1.165) is 6.54 Å². The summed E-state index contributed by atoms with van der Waals surface area (Å²) in [5.41, 5.74) is 3.23. The van der Waals surface area contributed by atoms with Crippen LogP contribution in [0.15, 0.2) is 0 Å². The number of hydrazine groups is 1. The molecule has 0 aliphatic rings. The summed E-state index contributed by atoms with van der Waals surface area (Å²) in [5, 5.41) is 5.63. The second-order valence-electron chi connectivity index (χ2n) is 4.25. The Morgan fingerprint density at radius 3 is 2.17 bits per heavy atom. The molecule has 0 spiro atoms. The molecule has 0 unspecified atom stereocenters. The third kappa shape index (κ3) is 7.75. The molecule has 0 saturated heterocycles. The minimum Gasteiger partial charge on any atom is -0.361 e. The Morgan fingerprint density at radius 1 is 1.33 bits per heavy atom. The van der Waals surface area contributed by atoms with Crippen molar-refractivity contribution in [2.75, 3.05) is 20.6 Å². The van der Waals surface area contributed by atoms with Gasteiger partial charge >= 0.3 is 0 Å². The molecule has 12 heavy (non-hydrogen) atoms. The van der Waals surface area contributed by atoms with Gasteiger partial charge in [-0.3, -0.25) is 5.43 Å². The molecule has 4 heteroatoms. The summed E-state index contributed by atoms with van der Waals surface area (Å²) in [5.74, 6) is 0. The smallest absolute Gasteiger partial charge is 0.181 e. The number of hydrogen-bond acceptors (Lipinski definition) is 2. The Labute approximate surface area is 80.5 Å². The minimum absolute atomic E-state index is 0.262. The zero-order valence-electron chi connectivity index (χ0n) is 8.56. The standard InChI is InChI=1S/C8H19N3S/c1-8(2,3)6-9-7(12)10-11(4)5/h6H2,1-5H3,(H2,9,10,12). The lowest BCUT2D eigenvalue weighted by molar-refractivity contribution is 0.350. The maximum absolute atomic E-state index is 5.03. The molecule has 0 aliphatic heterocycles. The van der Waals surface area contributed by atoms with Crippen LogP contribution in [0.3, 0.4) is 0 Å². The van der Waals surface area contributed by atoms with Gasteiger partial charge in [0, 0.05) is 20.6 Å². The highest BCUT2D eigenvalue weighted by Gasteiger charge is 2.09. The number of hydrogen-bond donors (Lipinski definition) is 2. The van der Waals surface area contributed by atoms with Crippen LogP contribution in [-0.2, 0) is 0 Å². The van der Waals surface area contributed by atoms with Crippen molar-refractivity contribution < 1.29 is 0 Å². The third-order valence-electron chi connectivity index (χ3n) is 1.10. The summed E-state index contributed by atoms with van der Waals surface area (Å²) in [6.07, 6.45) is 0. The van der Waals surface area contributed by atoms with Crippen molar-refractivity contribution in [2.45, 2.75) is 20.8 Å². The lowest BCUT2D eigenvalue weighted by Crippen LogP contribution is -2.45. The summed E-state index contributed by atoms with van der Waals surface area (Å²) >= 11 is 5.03. The molecule has 0 amide bonds. The van der Waals surface area contributed by atoms with Gasteiger partial charge in [0.1, 0.15) is 0 Å². The summed E-state index contributed by atoms with van der Waals surface area (Å²) in [6.45, 7) is 7.38. The molecule has 0 atom stereocenters. The van der Waals surface area contributed by atoms with Crippen molar-refractivity contribution in [1.29, 1.82) is 0 Å². The van der Waals surface area contributed by atoms with Crippen LogP contribution in [0.1, 0.15) is 20.8 Å². The molecule has 72 valence electrons. The maximum atomic E-state index is 5.03. The molecule has 0 aliphatic carbocycles. The molecule has 0 rings (SSSR count). The van der Waals surface area contributed by atoms with Crippen LogP contribution in [-0.4, -0.2) is 30.8 Å². The molecule has 0 saturated carbocycles. The van der Waals surface area contributed by atoms with Crippen molar-refractivity contribution in [3.05, 3.63) is 0 Å². The summed E-state index contributed by atoms with van der Waals surface area (Å²) in [6, 6.07) is 0. The predicted molar refractivity (Wildman–Crippen MR) is 56.9 cm³/mol. The van der Waals surface area contributed by atoms with E-state index < -0.39 is 0 Å². The second-order valence-corrected chi connectivity index (χ2v) is 4.66. The summed E-state index contributed by atoms with van der Waals surface area (Å²) in [4.78, 5) is 0. The van der Waals surface area contributed by atoms with Gasteiger partial charge in [-0.25, -0.2) is 5.01 Å². The van der Waals surface area contributed by atoms with Crippen LogP contribution < -0.4 is 10.7 Å². The number of thiocarbonyl (C=S) groups is 1. The largest absolute Gasteiger partial charge is 0.361 e. The SMILES string of the molecule is CN(C)NC(=S)NCC(C)(C)C. The van der Waals surface area contributed by atoms with Crippen molar-refractivity contribution in [2.24, 2.45) is 5.41 Å². The van der Waals surface area contributed by atoms with Crippen LogP contribution in [0.4, 0.5) is 0 Å². The molecule has 3 nitrogen and oxygen atoms in total. The van der Waals surface area contributed by atoms with Gasteiger partial charge < -0.3 is 5.32 Å². The van der Waals surface area contributed by atoms with Gasteiger partial charge in [0.2, 0.25) is 0 Å². The molecule has 0 aromatic heterocycles. The molecule has 0 fully saturated rings. The van der Waals surface area contributed by atoms with E-state index in [0.29, 0.717) is 5.11 Å². The first-order valence-corrected chi connectivity index (χ1v) is 4.44. The third-order valence-corrected chi connectivity index (χ3v) is 1.34. The molecular weight excluding hydrogens is 170 g/mol. The van der Waals surface area contributed by atoms with Crippen LogP contribution >= 0.6 is 12.2 Å². The van der Waals surface area contributed by atoms with E-state index in [1.807, 2.05) is 19.1 Å². The molecule has 0 aromatic carbocycles. The first kappa shape index (κ1) is 11.6. The van der Waals surface area contributed by atoms with Crippen molar-refractivity contribution in [1.82, 2.24) is 15.8 Å². The van der Waals surface area contributed by atoms with Crippen LogP contribution in [0.2, 0.25) is 0 Å². The molecule has 0 heterocycles. The van der Waals surface area contributed by atoms with Gasteiger partial charge in [-0.05, 0) is 17.6 Å². The van der Waals surface area contributed by atoms with Crippen molar-refractivity contribution in [3.8, 4) is 0 Å². The van der Waals surface area contributed by atoms with Gasteiger partial charge in [-0.2, -0.15) is 0 Å². The van der Waals surface area contributed by atoms with Gasteiger partial charge in [0.05, 0.1) is 0 Å². The first-order valence-electron chi connectivity index (χ1n) is 4.03. The molecule has 0 aromatic rings. The van der Waals surface area contributed by atoms with E-state index in [1.165, 1.54) is 0 Å². The Morgan fingerprint density at radius 2 is 1.83 bits per heavy atom. The highest BCUT2D eigenvalue weighted by atomic mass is 32.1. The summed E-state index contributed by atoms with van der Waals surface area (Å²) < 4.78 is 0. The van der Waals surface area contributed by atoms with Crippen molar-refractivity contribution in [3.63, 3.8) is 0 Å². The average molecular weight is 189 g/mol. The van der Waals surface area contributed by atoms with E-state index in [9.17, 15) is 0 Å². The first-order chi connectivity index (χ1) is 5.31. The van der Waals surface area contributed by atoms with Crippen LogP contribution in [0.5, 0.6) is 0 Å². The highest BCUT2D eigenvalue weighted by Crippen LogP contribution is 2.09. The van der Waals surface area contributed by atoms with E-state index in [-0.39, 0.29) is 5.41 Å². The fourth-order valence-electron chi connectivity index (χ4n) is 0.588. The topological polar surface area (TPSA) is 27.3 Å². The average Bonchev–Trinajstić information content (AvgIpc) is 1.80.